The Morgan fingerprint density at radius 3 is 2.20 bits per heavy atom. The number of nitrogens with one attached hydrogen (secondary N) is 2. The van der Waals surface area contributed by atoms with Crippen molar-refractivity contribution in [2.24, 2.45) is 0 Å². The van der Waals surface area contributed by atoms with Gasteiger partial charge in [0.05, 0.1) is 17.3 Å². The Hall–Kier alpha value is -7.13. The van der Waals surface area contributed by atoms with Crippen LogP contribution in [0.25, 0.3) is 11.1 Å². The third kappa shape index (κ3) is 8.92. The highest BCUT2D eigenvalue weighted by molar-refractivity contribution is 6.36. The maximum absolute atomic E-state index is 14.2. The van der Waals surface area contributed by atoms with Gasteiger partial charge in [-0.25, -0.2) is 4.79 Å². The maximum Gasteiger partial charge on any atom is 0.326 e. The summed E-state index contributed by atoms with van der Waals surface area (Å²) in [6.07, 6.45) is -0.934. The SMILES string of the molecule is N#Cc1ccc(-c2ccc(C[C@H](NC(=O)C3Cc4cc5c(cc4CN3C(=O)c3ccccc3)O[C@@H](c3ccc(OCc4c(Cl)cccc4Cl)cc3)C(=O)N5)C(=O)O)cc2)cc1. The fraction of sp³-hybridized carbons (Fsp3) is 0.146. The zero-order chi connectivity index (χ0) is 42.6. The molecule has 8 rings (SSSR count). The average molecular weight is 852 g/mol. The van der Waals surface area contributed by atoms with Gasteiger partial charge in [0.1, 0.15) is 30.2 Å². The molecule has 0 aromatic heterocycles. The molecule has 61 heavy (non-hydrogen) atoms. The highest BCUT2D eigenvalue weighted by Gasteiger charge is 2.39. The molecule has 13 heteroatoms. The molecular formula is C48H36Cl2N4O7. The number of nitrogens with zero attached hydrogens (tertiary/aromatic N) is 2. The molecule has 0 fully saturated rings. The van der Waals surface area contributed by atoms with Crippen molar-refractivity contribution < 1.29 is 33.8 Å². The van der Waals surface area contributed by atoms with E-state index in [1.54, 1.807) is 109 Å². The number of carboxylic acids is 1. The summed E-state index contributed by atoms with van der Waals surface area (Å²) in [5.41, 5.74) is 6.43. The first-order chi connectivity index (χ1) is 29.5. The Bertz CT molecular complexity index is 2670. The summed E-state index contributed by atoms with van der Waals surface area (Å²) in [5, 5.41) is 26.0. The quantitative estimate of drug-likeness (QED) is 0.117. The van der Waals surface area contributed by atoms with Gasteiger partial charge in [0.25, 0.3) is 11.8 Å². The Kier molecular flexibility index (Phi) is 11.7. The lowest BCUT2D eigenvalue weighted by molar-refractivity contribution is -0.142. The van der Waals surface area contributed by atoms with Crippen molar-refractivity contribution in [2.45, 2.75) is 44.2 Å². The second-order valence-electron chi connectivity index (χ2n) is 14.7. The van der Waals surface area contributed by atoms with Crippen LogP contribution < -0.4 is 20.1 Å². The number of fused-ring (bicyclic) bond motifs is 2. The minimum absolute atomic E-state index is 0.00408. The van der Waals surface area contributed by atoms with E-state index in [1.807, 2.05) is 24.3 Å². The number of hydrogen-bond donors (Lipinski definition) is 3. The lowest BCUT2D eigenvalue weighted by Crippen LogP contribution is -2.56. The van der Waals surface area contributed by atoms with Gasteiger partial charge in [-0.3, -0.25) is 14.4 Å². The number of amides is 3. The molecule has 3 atom stereocenters. The zero-order valence-electron chi connectivity index (χ0n) is 32.3. The van der Waals surface area contributed by atoms with Crippen molar-refractivity contribution in [3.8, 4) is 28.7 Å². The molecule has 0 saturated heterocycles. The summed E-state index contributed by atoms with van der Waals surface area (Å²) in [6.45, 7) is 0.174. The topological polar surface area (TPSA) is 158 Å². The number of ether oxygens (including phenoxy) is 2. The van der Waals surface area contributed by atoms with E-state index in [0.717, 1.165) is 11.1 Å². The van der Waals surface area contributed by atoms with Gasteiger partial charge in [-0.05, 0) is 88.5 Å². The molecule has 3 amide bonds. The molecule has 2 aliphatic rings. The number of aliphatic carboxylic acids is 1. The summed E-state index contributed by atoms with van der Waals surface area (Å²) < 4.78 is 12.2. The summed E-state index contributed by atoms with van der Waals surface area (Å²) in [6, 6.07) is 38.4. The highest BCUT2D eigenvalue weighted by atomic mass is 35.5. The first-order valence-electron chi connectivity index (χ1n) is 19.3. The molecule has 11 nitrogen and oxygen atoms in total. The molecule has 0 saturated carbocycles. The summed E-state index contributed by atoms with van der Waals surface area (Å²) in [5.74, 6) is -1.73. The van der Waals surface area contributed by atoms with E-state index < -0.39 is 41.9 Å². The van der Waals surface area contributed by atoms with Gasteiger partial charge in [0.15, 0.2) is 0 Å². The lowest BCUT2D eigenvalue weighted by Gasteiger charge is -2.37. The first kappa shape index (κ1) is 40.6. The van der Waals surface area contributed by atoms with Gasteiger partial charge in [0, 0.05) is 46.1 Å². The van der Waals surface area contributed by atoms with Gasteiger partial charge in [-0.1, -0.05) is 96.0 Å². The number of halogens is 2. The Morgan fingerprint density at radius 1 is 0.869 bits per heavy atom. The largest absolute Gasteiger partial charge is 0.489 e. The van der Waals surface area contributed by atoms with Crippen molar-refractivity contribution in [1.82, 2.24) is 10.2 Å². The van der Waals surface area contributed by atoms with Gasteiger partial charge in [-0.15, -0.1) is 0 Å². The van der Waals surface area contributed by atoms with Gasteiger partial charge < -0.3 is 30.1 Å². The van der Waals surface area contributed by atoms with Gasteiger partial charge >= 0.3 is 5.97 Å². The molecule has 3 N–H and O–H groups in total. The minimum Gasteiger partial charge on any atom is -0.489 e. The van der Waals surface area contributed by atoms with Crippen LogP contribution in [0, 0.1) is 11.3 Å². The van der Waals surface area contributed by atoms with E-state index in [2.05, 4.69) is 16.7 Å². The number of nitriles is 1. The number of carboxylic acid groups (broad SMARTS) is 1. The highest BCUT2D eigenvalue weighted by Crippen LogP contribution is 2.40. The van der Waals surface area contributed by atoms with Crippen molar-refractivity contribution >= 4 is 52.6 Å². The first-order valence-corrected chi connectivity index (χ1v) is 20.1. The molecule has 6 aromatic carbocycles. The Labute approximate surface area is 361 Å². The van der Waals surface area contributed by atoms with E-state index >= 15 is 0 Å². The van der Waals surface area contributed by atoms with E-state index in [1.165, 1.54) is 4.90 Å². The van der Waals surface area contributed by atoms with Crippen LogP contribution in [0.4, 0.5) is 5.69 Å². The molecule has 2 heterocycles. The predicted molar refractivity (Wildman–Crippen MR) is 229 cm³/mol. The number of carbonyl (C=O) groups is 4. The van der Waals surface area contributed by atoms with Crippen molar-refractivity contribution in [3.05, 3.63) is 182 Å². The summed E-state index contributed by atoms with van der Waals surface area (Å²) in [4.78, 5) is 55.7. The van der Waals surface area contributed by atoms with Crippen molar-refractivity contribution in [3.63, 3.8) is 0 Å². The molecule has 0 spiro atoms. The molecule has 0 aliphatic carbocycles. The van der Waals surface area contributed by atoms with E-state index in [0.29, 0.717) is 66.2 Å². The van der Waals surface area contributed by atoms with Crippen molar-refractivity contribution in [2.75, 3.05) is 5.32 Å². The Balaban J connectivity index is 0.996. The third-order valence-electron chi connectivity index (χ3n) is 10.7. The van der Waals surface area contributed by atoms with Crippen LogP contribution in [0.5, 0.6) is 11.5 Å². The van der Waals surface area contributed by atoms with Crippen LogP contribution in [0.3, 0.4) is 0 Å². The fourth-order valence-electron chi connectivity index (χ4n) is 7.44. The molecule has 6 aromatic rings. The van der Waals surface area contributed by atoms with Crippen LogP contribution in [-0.4, -0.2) is 45.8 Å². The zero-order valence-corrected chi connectivity index (χ0v) is 33.8. The summed E-state index contributed by atoms with van der Waals surface area (Å²) >= 11 is 12.6. The number of hydrogen-bond acceptors (Lipinski definition) is 7. The Morgan fingerprint density at radius 2 is 1.54 bits per heavy atom. The second kappa shape index (κ2) is 17.6. The maximum atomic E-state index is 14.2. The predicted octanol–water partition coefficient (Wildman–Crippen LogP) is 8.56. The monoisotopic (exact) mass is 850 g/mol. The number of benzene rings is 6. The molecule has 0 radical (unpaired) electrons. The average Bonchev–Trinajstić information content (AvgIpc) is 3.28. The number of anilines is 1. The molecule has 1 unspecified atom stereocenters. The number of rotatable bonds is 11. The number of carbonyl (C=O) groups excluding carboxylic acids is 3. The van der Waals surface area contributed by atoms with Crippen LogP contribution in [0.2, 0.25) is 10.0 Å². The smallest absolute Gasteiger partial charge is 0.326 e. The molecule has 2 aliphatic heterocycles. The second-order valence-corrected chi connectivity index (χ2v) is 15.5. The fourth-order valence-corrected chi connectivity index (χ4v) is 7.95. The standard InChI is InChI=1S/C48H36Cl2N4O7/c49-38-7-4-8-39(50)37(38)27-60-36-19-17-32(18-20-36)44-46(56)52-40-22-34-23-42(54(26-35(34)24-43(40)61-44)47(57)33-5-2-1-3-6-33)45(55)53-41(48(58)59)21-28-9-13-30(14-10-28)31-15-11-29(25-51)12-16-31/h1-20,22,24,41-42,44H,21,23,26-27H2,(H,52,56)(H,53,55)(H,58,59)/t41-,42?,44-/m0/s1. The van der Waals surface area contributed by atoms with Crippen LogP contribution in [-0.2, 0) is 40.4 Å². The molecule has 0 bridgehead atoms. The van der Waals surface area contributed by atoms with Crippen LogP contribution in [0.1, 0.15) is 49.8 Å². The van der Waals surface area contributed by atoms with E-state index in [9.17, 15) is 24.3 Å². The van der Waals surface area contributed by atoms with Gasteiger partial charge in [-0.2, -0.15) is 5.26 Å². The van der Waals surface area contributed by atoms with Crippen molar-refractivity contribution in [1.29, 1.82) is 5.26 Å². The normalized spacial score (nSPS) is 15.8. The lowest BCUT2D eigenvalue weighted by atomic mass is 9.91. The van der Waals surface area contributed by atoms with E-state index in [-0.39, 0.29) is 26.0 Å². The van der Waals surface area contributed by atoms with Crippen LogP contribution in [0.15, 0.2) is 133 Å². The van der Waals surface area contributed by atoms with Crippen LogP contribution >= 0.6 is 23.2 Å². The third-order valence-corrected chi connectivity index (χ3v) is 11.4. The minimum atomic E-state index is -1.29. The molecular weight excluding hydrogens is 815 g/mol. The molecule has 304 valence electrons. The van der Waals surface area contributed by atoms with Gasteiger partial charge in [0.2, 0.25) is 12.0 Å². The summed E-state index contributed by atoms with van der Waals surface area (Å²) in [7, 11) is 0. The van der Waals surface area contributed by atoms with E-state index in [4.69, 9.17) is 37.9 Å².